The van der Waals surface area contributed by atoms with Crippen molar-refractivity contribution in [3.63, 3.8) is 0 Å². The Balaban J connectivity index is 1.68. The number of allylic oxidation sites excluding steroid dienone is 3. The SMILES string of the molecule is CCCCCCCCCCCCCCCCCCCCCCCC/C=C/CC/C=C/C(O)C(COC1OC(CO)C(OC2OC(CO)C(O)C(O)C2O)C(O)C1O)NC(=O)CCCCCCCCCCCCCCCCCCCCCCCCCC. The first kappa shape index (κ1) is 80.6. The third-order valence-corrected chi connectivity index (χ3v) is 18.1. The molecular weight excluding hydrogens is 1090 g/mol. The number of nitrogens with one attached hydrogen (secondary N) is 1. The Morgan fingerprint density at radius 3 is 1.14 bits per heavy atom. The predicted octanol–water partition coefficient (Wildman–Crippen LogP) is 15.1. The lowest BCUT2D eigenvalue weighted by atomic mass is 9.97. The molecule has 0 aromatic carbocycles. The summed E-state index contributed by atoms with van der Waals surface area (Å²) < 4.78 is 22.9. The largest absolute Gasteiger partial charge is 0.394 e. The number of unbranched alkanes of at least 4 members (excludes halogenated alkanes) is 46. The van der Waals surface area contributed by atoms with E-state index >= 15 is 0 Å². The fourth-order valence-corrected chi connectivity index (χ4v) is 12.3. The Morgan fingerprint density at radius 2 is 0.744 bits per heavy atom. The zero-order valence-electron chi connectivity index (χ0n) is 55.3. The molecule has 2 rings (SSSR count). The van der Waals surface area contributed by atoms with Crippen molar-refractivity contribution in [2.45, 2.75) is 408 Å². The maximum absolute atomic E-state index is 13.3. The number of hydrogen-bond acceptors (Lipinski definition) is 13. The molecule has 0 aromatic rings. The number of rotatable bonds is 61. The van der Waals surface area contributed by atoms with Crippen molar-refractivity contribution in [1.82, 2.24) is 5.32 Å². The first-order chi connectivity index (χ1) is 42.1. The van der Waals surface area contributed by atoms with E-state index in [0.29, 0.717) is 12.8 Å². The van der Waals surface area contributed by atoms with Crippen LogP contribution in [0.5, 0.6) is 0 Å². The first-order valence-corrected chi connectivity index (χ1v) is 36.6. The quantitative estimate of drug-likeness (QED) is 0.0204. The minimum Gasteiger partial charge on any atom is -0.394 e. The summed E-state index contributed by atoms with van der Waals surface area (Å²) in [7, 11) is 0. The second-order valence-corrected chi connectivity index (χ2v) is 26.1. The highest BCUT2D eigenvalue weighted by molar-refractivity contribution is 5.76. The molecule has 12 atom stereocenters. The molecule has 14 nitrogen and oxygen atoms in total. The van der Waals surface area contributed by atoms with Gasteiger partial charge in [-0.1, -0.05) is 321 Å². The molecule has 86 heavy (non-hydrogen) atoms. The van der Waals surface area contributed by atoms with E-state index in [-0.39, 0.29) is 18.9 Å². The van der Waals surface area contributed by atoms with E-state index in [1.54, 1.807) is 6.08 Å². The van der Waals surface area contributed by atoms with E-state index in [9.17, 15) is 45.6 Å². The summed E-state index contributed by atoms with van der Waals surface area (Å²) in [5.74, 6) is -0.241. The van der Waals surface area contributed by atoms with Gasteiger partial charge >= 0.3 is 0 Å². The van der Waals surface area contributed by atoms with Crippen molar-refractivity contribution in [2.24, 2.45) is 0 Å². The van der Waals surface area contributed by atoms with E-state index in [1.807, 2.05) is 6.08 Å². The maximum atomic E-state index is 13.3. The summed E-state index contributed by atoms with van der Waals surface area (Å²) in [4.78, 5) is 13.3. The van der Waals surface area contributed by atoms with Crippen molar-refractivity contribution >= 4 is 5.91 Å². The molecule has 2 aliphatic heterocycles. The molecule has 0 aliphatic carbocycles. The number of amides is 1. The van der Waals surface area contributed by atoms with Crippen LogP contribution in [0.2, 0.25) is 0 Å². The summed E-state index contributed by atoms with van der Waals surface area (Å²) in [5, 5.41) is 87.5. The van der Waals surface area contributed by atoms with Crippen LogP contribution in [0.1, 0.15) is 335 Å². The molecule has 508 valence electrons. The summed E-state index contributed by atoms with van der Waals surface area (Å²) in [6.45, 7) is 2.84. The van der Waals surface area contributed by atoms with Crippen LogP contribution in [-0.4, -0.2) is 140 Å². The van der Waals surface area contributed by atoms with Crippen LogP contribution in [0.15, 0.2) is 24.3 Å². The van der Waals surface area contributed by atoms with Crippen LogP contribution in [0.4, 0.5) is 0 Å². The molecule has 0 saturated carbocycles. The van der Waals surface area contributed by atoms with Crippen LogP contribution in [0.25, 0.3) is 0 Å². The van der Waals surface area contributed by atoms with Gasteiger partial charge in [0, 0.05) is 6.42 Å². The molecule has 12 unspecified atom stereocenters. The van der Waals surface area contributed by atoms with Crippen LogP contribution < -0.4 is 5.32 Å². The standard InChI is InChI=1S/C72H137NO13/c1-3-5-7-9-11-13-15-17-19-21-23-25-27-29-30-31-32-33-35-37-39-41-43-45-47-49-51-53-55-61(76)60(59-83-71-69(82)67(80)70(63(58-75)85-71)86-72-68(81)66(79)65(78)62(57-74)84-72)73-64(77)56-54-52-50-48-46-44-42-40-38-36-34-28-26-24-22-20-18-16-14-12-10-8-6-4-2/h45,47,53,55,60-63,65-72,74-76,78-82H,3-44,46,48-52,54,56-59H2,1-2H3,(H,73,77)/b47-45+,55-53+. The second kappa shape index (κ2) is 57.4. The van der Waals surface area contributed by atoms with E-state index in [1.165, 1.54) is 270 Å². The van der Waals surface area contributed by atoms with Crippen molar-refractivity contribution in [3.05, 3.63) is 24.3 Å². The average molecular weight is 1220 g/mol. The topological polar surface area (TPSA) is 228 Å². The Labute approximate surface area is 526 Å². The predicted molar refractivity (Wildman–Crippen MR) is 351 cm³/mol. The Hall–Kier alpha value is -1.53. The van der Waals surface area contributed by atoms with Gasteiger partial charge in [0.2, 0.25) is 5.91 Å². The average Bonchev–Trinajstić information content (AvgIpc) is 2.54. The lowest BCUT2D eigenvalue weighted by molar-refractivity contribution is -0.359. The molecule has 0 aromatic heterocycles. The number of aliphatic hydroxyl groups excluding tert-OH is 8. The van der Waals surface area contributed by atoms with Crippen LogP contribution in [0.3, 0.4) is 0 Å². The van der Waals surface area contributed by atoms with Gasteiger partial charge in [-0.2, -0.15) is 0 Å². The van der Waals surface area contributed by atoms with Crippen LogP contribution >= 0.6 is 0 Å². The van der Waals surface area contributed by atoms with Gasteiger partial charge in [-0.05, 0) is 32.1 Å². The van der Waals surface area contributed by atoms with Crippen molar-refractivity contribution in [1.29, 1.82) is 0 Å². The van der Waals surface area contributed by atoms with E-state index < -0.39 is 86.8 Å². The zero-order valence-corrected chi connectivity index (χ0v) is 55.3. The maximum Gasteiger partial charge on any atom is 0.220 e. The minimum atomic E-state index is -1.79. The molecule has 1 amide bonds. The van der Waals surface area contributed by atoms with Gasteiger partial charge in [0.15, 0.2) is 12.6 Å². The fourth-order valence-electron chi connectivity index (χ4n) is 12.3. The molecule has 2 fully saturated rings. The van der Waals surface area contributed by atoms with Gasteiger partial charge < -0.3 is 65.1 Å². The third kappa shape index (κ3) is 41.1. The van der Waals surface area contributed by atoms with Gasteiger partial charge in [0.05, 0.1) is 32.0 Å². The lowest BCUT2D eigenvalue weighted by Gasteiger charge is -2.46. The van der Waals surface area contributed by atoms with E-state index in [0.717, 1.165) is 32.1 Å². The molecular formula is C72H137NO13. The summed E-state index contributed by atoms with van der Waals surface area (Å²) in [6, 6.07) is -0.929. The number of hydrogen-bond donors (Lipinski definition) is 9. The highest BCUT2D eigenvalue weighted by atomic mass is 16.7. The Morgan fingerprint density at radius 1 is 0.407 bits per heavy atom. The molecule has 2 saturated heterocycles. The van der Waals surface area contributed by atoms with Crippen LogP contribution in [0, 0.1) is 0 Å². The molecule has 2 aliphatic rings. The minimum absolute atomic E-state index is 0.241. The molecule has 9 N–H and O–H groups in total. The molecule has 0 spiro atoms. The summed E-state index contributed by atoms with van der Waals surface area (Å²) in [6.07, 6.45) is 55.3. The summed E-state index contributed by atoms with van der Waals surface area (Å²) >= 11 is 0. The highest BCUT2D eigenvalue weighted by Crippen LogP contribution is 2.30. The number of carbonyl (C=O) groups excluding carboxylic acids is 1. The van der Waals surface area contributed by atoms with E-state index in [4.69, 9.17) is 18.9 Å². The fraction of sp³-hybridized carbons (Fsp3) is 0.931. The number of aliphatic hydroxyl groups is 8. The van der Waals surface area contributed by atoms with Gasteiger partial charge in [-0.15, -0.1) is 0 Å². The normalized spacial score (nSPS) is 23.5. The number of carbonyl (C=O) groups is 1. The Bertz CT molecular complexity index is 1540. The van der Waals surface area contributed by atoms with Gasteiger partial charge in [0.25, 0.3) is 0 Å². The monoisotopic (exact) mass is 1220 g/mol. The first-order valence-electron chi connectivity index (χ1n) is 36.6. The molecule has 2 heterocycles. The zero-order chi connectivity index (χ0) is 62.3. The van der Waals surface area contributed by atoms with Gasteiger partial charge in [-0.25, -0.2) is 0 Å². The molecule has 0 bridgehead atoms. The van der Waals surface area contributed by atoms with Crippen molar-refractivity contribution < 1.29 is 64.6 Å². The van der Waals surface area contributed by atoms with E-state index in [2.05, 4.69) is 31.3 Å². The molecule has 0 radical (unpaired) electrons. The number of ether oxygens (including phenoxy) is 4. The second-order valence-electron chi connectivity index (χ2n) is 26.1. The van der Waals surface area contributed by atoms with Crippen LogP contribution in [-0.2, 0) is 23.7 Å². The lowest BCUT2D eigenvalue weighted by Crippen LogP contribution is -2.65. The van der Waals surface area contributed by atoms with Gasteiger partial charge in [-0.3, -0.25) is 4.79 Å². The van der Waals surface area contributed by atoms with Crippen molar-refractivity contribution in [2.75, 3.05) is 19.8 Å². The smallest absolute Gasteiger partial charge is 0.220 e. The van der Waals surface area contributed by atoms with Gasteiger partial charge in [0.1, 0.15) is 48.8 Å². The summed E-state index contributed by atoms with van der Waals surface area (Å²) in [5.41, 5.74) is 0. The molecule has 14 heteroatoms. The Kier molecular flexibility index (Phi) is 53.7. The third-order valence-electron chi connectivity index (χ3n) is 18.1. The highest BCUT2D eigenvalue weighted by Gasteiger charge is 2.51. The van der Waals surface area contributed by atoms with Crippen molar-refractivity contribution in [3.8, 4) is 0 Å².